The maximum atomic E-state index is 13.0. The maximum Gasteiger partial charge on any atom is 0.416 e. The number of ketones is 1. The van der Waals surface area contributed by atoms with Crippen molar-refractivity contribution in [3.63, 3.8) is 0 Å². The molecule has 0 aromatic heterocycles. The number of likely N-dealkylation sites (N-methyl/N-ethyl adjacent to an activating group) is 1. The predicted octanol–water partition coefficient (Wildman–Crippen LogP) is 4.73. The van der Waals surface area contributed by atoms with Crippen LogP contribution in [0.25, 0.3) is 5.57 Å². The van der Waals surface area contributed by atoms with E-state index in [2.05, 4.69) is 0 Å². The highest BCUT2D eigenvalue weighted by Gasteiger charge is 2.33. The van der Waals surface area contributed by atoms with Gasteiger partial charge in [-0.2, -0.15) is 13.2 Å². The molecule has 5 heteroatoms. The number of halogens is 3. The van der Waals surface area contributed by atoms with Crippen molar-refractivity contribution in [2.75, 3.05) is 13.1 Å². The Hall–Kier alpha value is -2.56. The van der Waals surface area contributed by atoms with E-state index in [4.69, 9.17) is 0 Å². The number of alkyl halides is 3. The molecule has 0 saturated heterocycles. The number of allylic oxidation sites excluding steroid dienone is 1. The van der Waals surface area contributed by atoms with Crippen molar-refractivity contribution in [1.82, 2.24) is 4.90 Å². The van der Waals surface area contributed by atoms with E-state index < -0.39 is 11.7 Å². The zero-order valence-corrected chi connectivity index (χ0v) is 13.8. The molecule has 1 unspecified atom stereocenters. The predicted molar refractivity (Wildman–Crippen MR) is 90.9 cm³/mol. The van der Waals surface area contributed by atoms with Crippen molar-refractivity contribution in [3.05, 3.63) is 77.5 Å². The topological polar surface area (TPSA) is 20.3 Å². The van der Waals surface area contributed by atoms with Crippen molar-refractivity contribution < 1.29 is 18.0 Å². The number of benzene rings is 2. The molecule has 1 atom stereocenters. The summed E-state index contributed by atoms with van der Waals surface area (Å²) in [6.07, 6.45) is -2.76. The average molecular weight is 345 g/mol. The van der Waals surface area contributed by atoms with E-state index in [1.54, 1.807) is 12.3 Å². The molecule has 0 amide bonds. The lowest BCUT2D eigenvalue weighted by Crippen LogP contribution is -2.34. The molecule has 1 aliphatic heterocycles. The zero-order chi connectivity index (χ0) is 18.0. The van der Waals surface area contributed by atoms with Crippen molar-refractivity contribution in [2.24, 2.45) is 0 Å². The number of hydrogen-bond acceptors (Lipinski definition) is 2. The summed E-state index contributed by atoms with van der Waals surface area (Å²) in [5.41, 5.74) is 0.763. The highest BCUT2D eigenvalue weighted by molar-refractivity contribution is 6.24. The Bertz CT molecular complexity index is 796. The fourth-order valence-electron chi connectivity index (χ4n) is 3.05. The summed E-state index contributed by atoms with van der Waals surface area (Å²) in [5.74, 6) is -0.522. The minimum Gasteiger partial charge on any atom is -0.376 e. The van der Waals surface area contributed by atoms with Crippen LogP contribution >= 0.6 is 0 Å². The second kappa shape index (κ2) is 6.75. The van der Waals surface area contributed by atoms with Gasteiger partial charge in [-0.15, -0.1) is 0 Å². The highest BCUT2D eigenvalue weighted by atomic mass is 19.4. The molecule has 0 radical (unpaired) electrons. The normalized spacial score (nSPS) is 18.2. The number of hydrogen-bond donors (Lipinski definition) is 0. The monoisotopic (exact) mass is 345 g/mol. The van der Waals surface area contributed by atoms with E-state index in [9.17, 15) is 18.0 Å². The molecular weight excluding hydrogens is 327 g/mol. The lowest BCUT2D eigenvalue weighted by Gasteiger charge is -2.31. The number of rotatable bonds is 3. The van der Waals surface area contributed by atoms with E-state index in [0.29, 0.717) is 24.2 Å². The molecular formula is C20H18F3NO. The van der Waals surface area contributed by atoms with Gasteiger partial charge in [0, 0.05) is 24.9 Å². The van der Waals surface area contributed by atoms with E-state index in [0.717, 1.165) is 17.7 Å². The Labute approximate surface area is 144 Å². The van der Waals surface area contributed by atoms with E-state index in [-0.39, 0.29) is 11.7 Å². The first-order chi connectivity index (χ1) is 11.9. The molecule has 2 aromatic carbocycles. The van der Waals surface area contributed by atoms with Crippen molar-refractivity contribution >= 4 is 11.4 Å². The van der Waals surface area contributed by atoms with Crippen molar-refractivity contribution in [3.8, 4) is 0 Å². The molecule has 2 aromatic rings. The molecule has 1 aliphatic rings. The molecule has 0 saturated carbocycles. The molecule has 25 heavy (non-hydrogen) atoms. The van der Waals surface area contributed by atoms with Crippen molar-refractivity contribution in [1.29, 1.82) is 0 Å². The van der Waals surface area contributed by atoms with Gasteiger partial charge in [-0.25, -0.2) is 0 Å². The average Bonchev–Trinajstić information content (AvgIpc) is 2.62. The second-order valence-corrected chi connectivity index (χ2v) is 6.04. The van der Waals surface area contributed by atoms with Crippen LogP contribution in [0.1, 0.15) is 29.5 Å². The smallest absolute Gasteiger partial charge is 0.376 e. The van der Waals surface area contributed by atoms with Gasteiger partial charge in [-0.1, -0.05) is 42.5 Å². The summed E-state index contributed by atoms with van der Waals surface area (Å²) >= 11 is 0. The van der Waals surface area contributed by atoms with E-state index in [1.807, 2.05) is 42.2 Å². The van der Waals surface area contributed by atoms with Crippen LogP contribution in [0.2, 0.25) is 0 Å². The minimum absolute atomic E-state index is 0.143. The van der Waals surface area contributed by atoms with Gasteiger partial charge in [0.1, 0.15) is 0 Å². The molecule has 1 heterocycles. The summed E-state index contributed by atoms with van der Waals surface area (Å²) in [6.45, 7) is 3.17. The van der Waals surface area contributed by atoms with Gasteiger partial charge >= 0.3 is 6.18 Å². The van der Waals surface area contributed by atoms with Crippen LogP contribution in [-0.2, 0) is 11.0 Å². The Kier molecular flexibility index (Phi) is 4.66. The van der Waals surface area contributed by atoms with Crippen LogP contribution in [0.4, 0.5) is 13.2 Å². The molecule has 0 aliphatic carbocycles. The van der Waals surface area contributed by atoms with Crippen LogP contribution in [0.3, 0.4) is 0 Å². The van der Waals surface area contributed by atoms with Gasteiger partial charge in [0.25, 0.3) is 0 Å². The summed E-state index contributed by atoms with van der Waals surface area (Å²) in [6, 6.07) is 14.3. The van der Waals surface area contributed by atoms with Gasteiger partial charge < -0.3 is 4.90 Å². The van der Waals surface area contributed by atoms with Crippen LogP contribution in [0, 0.1) is 0 Å². The SMILES string of the molecule is CCN1C=C(c2cccc(C(F)(F)F)c2)C(=O)C(c2ccccc2)C1. The minimum atomic E-state index is -4.43. The summed E-state index contributed by atoms with van der Waals surface area (Å²) in [7, 11) is 0. The zero-order valence-electron chi connectivity index (χ0n) is 13.8. The first-order valence-corrected chi connectivity index (χ1v) is 8.13. The quantitative estimate of drug-likeness (QED) is 0.801. The molecule has 0 fully saturated rings. The fraction of sp³-hybridized carbons (Fsp3) is 0.250. The number of carbonyl (C=O) groups excluding carboxylic acids is 1. The lowest BCUT2D eigenvalue weighted by atomic mass is 9.85. The van der Waals surface area contributed by atoms with Gasteiger partial charge in [-0.3, -0.25) is 4.79 Å². The Morgan fingerprint density at radius 2 is 1.80 bits per heavy atom. The van der Waals surface area contributed by atoms with E-state index in [1.165, 1.54) is 6.07 Å². The molecule has 3 rings (SSSR count). The molecule has 0 spiro atoms. The highest BCUT2D eigenvalue weighted by Crippen LogP contribution is 2.35. The molecule has 0 bridgehead atoms. The van der Waals surface area contributed by atoms with Crippen LogP contribution in [0.5, 0.6) is 0 Å². The first-order valence-electron chi connectivity index (χ1n) is 8.13. The van der Waals surface area contributed by atoms with Gasteiger partial charge in [0.2, 0.25) is 0 Å². The van der Waals surface area contributed by atoms with Gasteiger partial charge in [-0.05, 0) is 30.2 Å². The van der Waals surface area contributed by atoms with Crippen molar-refractivity contribution in [2.45, 2.75) is 19.0 Å². The number of carbonyl (C=O) groups is 1. The Morgan fingerprint density at radius 1 is 1.08 bits per heavy atom. The van der Waals surface area contributed by atoms with Crippen LogP contribution in [-0.4, -0.2) is 23.8 Å². The fourth-order valence-corrected chi connectivity index (χ4v) is 3.05. The standard InChI is InChI=1S/C20H18F3NO/c1-2-24-12-17(14-7-4-3-5-8-14)19(25)18(13-24)15-9-6-10-16(11-15)20(21,22)23/h3-11,13,17H,2,12H2,1H3. The lowest BCUT2D eigenvalue weighted by molar-refractivity contribution is -0.137. The number of Topliss-reactive ketones (excluding diaryl/α,β-unsaturated/α-hetero) is 1. The third-order valence-electron chi connectivity index (χ3n) is 4.42. The molecule has 130 valence electrons. The third kappa shape index (κ3) is 3.60. The second-order valence-electron chi connectivity index (χ2n) is 6.04. The first kappa shape index (κ1) is 17.3. The molecule has 0 N–H and O–H groups in total. The summed E-state index contributed by atoms with van der Waals surface area (Å²) in [5, 5.41) is 0. The van der Waals surface area contributed by atoms with Gasteiger partial charge in [0.15, 0.2) is 5.78 Å². The van der Waals surface area contributed by atoms with Crippen LogP contribution < -0.4 is 0 Å². The summed E-state index contributed by atoms with van der Waals surface area (Å²) in [4.78, 5) is 14.9. The Morgan fingerprint density at radius 3 is 2.44 bits per heavy atom. The third-order valence-corrected chi connectivity index (χ3v) is 4.42. The number of nitrogens with zero attached hydrogens (tertiary/aromatic N) is 1. The van der Waals surface area contributed by atoms with Crippen LogP contribution in [0.15, 0.2) is 60.8 Å². The molecule has 2 nitrogen and oxygen atoms in total. The Balaban J connectivity index is 2.02. The van der Waals surface area contributed by atoms with Gasteiger partial charge in [0.05, 0.1) is 11.5 Å². The maximum absolute atomic E-state index is 13.0. The summed E-state index contributed by atoms with van der Waals surface area (Å²) < 4.78 is 39.0. The van der Waals surface area contributed by atoms with E-state index >= 15 is 0 Å². The largest absolute Gasteiger partial charge is 0.416 e.